The molecule has 94 valence electrons. The van der Waals surface area contributed by atoms with Crippen LogP contribution in [0.4, 0.5) is 5.82 Å². The summed E-state index contributed by atoms with van der Waals surface area (Å²) in [5.74, 6) is 0.918. The molecule has 1 aliphatic rings. The van der Waals surface area contributed by atoms with Crippen molar-refractivity contribution in [1.29, 1.82) is 0 Å². The molecule has 1 aromatic rings. The minimum Gasteiger partial charge on any atom is -0.357 e. The normalized spacial score (nSPS) is 16.4. The number of anilines is 1. The van der Waals surface area contributed by atoms with Crippen molar-refractivity contribution in [2.45, 2.75) is 19.4 Å². The Morgan fingerprint density at radius 2 is 2.06 bits per heavy atom. The molecule has 0 saturated carbocycles. The lowest BCUT2D eigenvalue weighted by Gasteiger charge is -2.16. The molecule has 1 saturated heterocycles. The maximum Gasteiger partial charge on any atom is 0.333 e. The highest BCUT2D eigenvalue weighted by Gasteiger charge is 2.13. The van der Waals surface area contributed by atoms with Gasteiger partial charge in [-0.3, -0.25) is 4.18 Å². The molecule has 0 atom stereocenters. The second-order valence-electron chi connectivity index (χ2n) is 3.97. The number of nitrogens with two attached hydrogens (primary N) is 1. The van der Waals surface area contributed by atoms with Crippen LogP contribution in [0.1, 0.15) is 18.4 Å². The Labute approximate surface area is 101 Å². The number of nitrogens with zero attached hydrogens (tertiary/aromatic N) is 2. The van der Waals surface area contributed by atoms with E-state index in [-0.39, 0.29) is 6.61 Å². The molecule has 2 N–H and O–H groups in total. The van der Waals surface area contributed by atoms with Crippen LogP contribution in [0.5, 0.6) is 0 Å². The molecule has 6 nitrogen and oxygen atoms in total. The Morgan fingerprint density at radius 3 is 2.59 bits per heavy atom. The van der Waals surface area contributed by atoms with E-state index >= 15 is 0 Å². The van der Waals surface area contributed by atoms with Crippen molar-refractivity contribution in [3.8, 4) is 0 Å². The molecule has 1 aliphatic heterocycles. The third kappa shape index (κ3) is 3.65. The first kappa shape index (κ1) is 12.3. The van der Waals surface area contributed by atoms with Gasteiger partial charge in [0.15, 0.2) is 0 Å². The summed E-state index contributed by atoms with van der Waals surface area (Å²) in [6, 6.07) is 3.67. The highest BCUT2D eigenvalue weighted by Crippen LogP contribution is 2.17. The third-order valence-electron chi connectivity index (χ3n) is 2.63. The molecule has 7 heteroatoms. The summed E-state index contributed by atoms with van der Waals surface area (Å²) in [6.07, 6.45) is 3.99. The zero-order chi connectivity index (χ0) is 12.3. The molecule has 0 aliphatic carbocycles. The average Bonchev–Trinajstić information content (AvgIpc) is 2.79. The minimum absolute atomic E-state index is 0.0773. The molecular weight excluding hydrogens is 242 g/mol. The summed E-state index contributed by atoms with van der Waals surface area (Å²) >= 11 is 0. The van der Waals surface area contributed by atoms with E-state index in [2.05, 4.69) is 14.1 Å². The van der Waals surface area contributed by atoms with Crippen molar-refractivity contribution < 1.29 is 12.6 Å². The van der Waals surface area contributed by atoms with Gasteiger partial charge in [-0.15, -0.1) is 0 Å². The zero-order valence-electron chi connectivity index (χ0n) is 9.37. The van der Waals surface area contributed by atoms with Gasteiger partial charge in [-0.25, -0.2) is 10.1 Å². The SMILES string of the molecule is NS(=O)(=O)OCc1ccc(N2CCCC2)nc1. The smallest absolute Gasteiger partial charge is 0.333 e. The Kier molecular flexibility index (Phi) is 3.60. The number of pyridine rings is 1. The third-order valence-corrected chi connectivity index (χ3v) is 3.08. The second kappa shape index (κ2) is 4.99. The molecule has 0 unspecified atom stereocenters. The predicted octanol–water partition coefficient (Wildman–Crippen LogP) is 0.402. The maximum absolute atomic E-state index is 10.6. The van der Waals surface area contributed by atoms with Gasteiger partial charge in [-0.2, -0.15) is 8.42 Å². The largest absolute Gasteiger partial charge is 0.357 e. The summed E-state index contributed by atoms with van der Waals surface area (Å²) in [4.78, 5) is 6.47. The van der Waals surface area contributed by atoms with Crippen LogP contribution in [0.3, 0.4) is 0 Å². The Morgan fingerprint density at radius 1 is 1.35 bits per heavy atom. The molecule has 0 amide bonds. The van der Waals surface area contributed by atoms with Gasteiger partial charge >= 0.3 is 10.3 Å². The molecule has 0 radical (unpaired) electrons. The first-order valence-corrected chi connectivity index (χ1v) is 6.89. The Hall–Kier alpha value is -1.18. The van der Waals surface area contributed by atoms with Gasteiger partial charge in [0, 0.05) is 19.3 Å². The zero-order valence-corrected chi connectivity index (χ0v) is 10.2. The summed E-state index contributed by atoms with van der Waals surface area (Å²) in [7, 11) is -3.89. The van der Waals surface area contributed by atoms with Crippen molar-refractivity contribution >= 4 is 16.1 Å². The molecule has 0 spiro atoms. The lowest BCUT2D eigenvalue weighted by atomic mass is 10.3. The van der Waals surface area contributed by atoms with E-state index in [4.69, 9.17) is 5.14 Å². The average molecular weight is 257 g/mol. The van der Waals surface area contributed by atoms with Crippen molar-refractivity contribution in [1.82, 2.24) is 4.98 Å². The predicted molar refractivity (Wildman–Crippen MR) is 63.6 cm³/mol. The van der Waals surface area contributed by atoms with Crippen LogP contribution in [0.25, 0.3) is 0 Å². The highest BCUT2D eigenvalue weighted by atomic mass is 32.2. The summed E-state index contributed by atoms with van der Waals surface area (Å²) in [6.45, 7) is 1.98. The van der Waals surface area contributed by atoms with Crippen molar-refractivity contribution in [2.24, 2.45) is 5.14 Å². The van der Waals surface area contributed by atoms with Crippen LogP contribution >= 0.6 is 0 Å². The van der Waals surface area contributed by atoms with Gasteiger partial charge < -0.3 is 4.90 Å². The van der Waals surface area contributed by atoms with Gasteiger partial charge in [-0.05, 0) is 24.5 Å². The molecule has 17 heavy (non-hydrogen) atoms. The summed E-state index contributed by atoms with van der Waals surface area (Å²) < 4.78 is 25.7. The number of rotatable bonds is 4. The van der Waals surface area contributed by atoms with E-state index in [1.807, 2.05) is 6.07 Å². The lowest BCUT2D eigenvalue weighted by molar-refractivity contribution is 0.308. The van der Waals surface area contributed by atoms with Crippen molar-refractivity contribution in [3.05, 3.63) is 23.9 Å². The van der Waals surface area contributed by atoms with E-state index in [1.54, 1.807) is 12.3 Å². The maximum atomic E-state index is 10.6. The van der Waals surface area contributed by atoms with Crippen LogP contribution < -0.4 is 10.0 Å². The molecule has 2 heterocycles. The van der Waals surface area contributed by atoms with Gasteiger partial charge in [0.25, 0.3) is 0 Å². The summed E-state index contributed by atoms with van der Waals surface area (Å²) in [5.41, 5.74) is 0.682. The molecule has 1 aromatic heterocycles. The standard InChI is InChI=1S/C10H15N3O3S/c11-17(14,15)16-8-9-3-4-10(12-7-9)13-5-1-2-6-13/h3-4,7H,1-2,5-6,8H2,(H2,11,14,15). The van der Waals surface area contributed by atoms with Crippen molar-refractivity contribution in [2.75, 3.05) is 18.0 Å². The highest BCUT2D eigenvalue weighted by molar-refractivity contribution is 7.84. The fraction of sp³-hybridized carbons (Fsp3) is 0.500. The minimum atomic E-state index is -3.89. The monoisotopic (exact) mass is 257 g/mol. The molecule has 2 rings (SSSR count). The lowest BCUT2D eigenvalue weighted by Crippen LogP contribution is -2.19. The van der Waals surface area contributed by atoms with E-state index < -0.39 is 10.3 Å². The number of hydrogen-bond acceptors (Lipinski definition) is 5. The van der Waals surface area contributed by atoms with Crippen LogP contribution in [0.2, 0.25) is 0 Å². The molecule has 0 aromatic carbocycles. The van der Waals surface area contributed by atoms with E-state index in [1.165, 1.54) is 12.8 Å². The topological polar surface area (TPSA) is 85.5 Å². The van der Waals surface area contributed by atoms with Crippen LogP contribution in [0, 0.1) is 0 Å². The first-order valence-electron chi connectivity index (χ1n) is 5.42. The Bertz CT molecular complexity index is 466. The molecule has 0 bridgehead atoms. The number of aromatic nitrogens is 1. The van der Waals surface area contributed by atoms with Crippen LogP contribution in [-0.4, -0.2) is 26.5 Å². The quantitative estimate of drug-likeness (QED) is 0.844. The molecular formula is C10H15N3O3S. The first-order chi connectivity index (χ1) is 8.04. The molecule has 1 fully saturated rings. The van der Waals surface area contributed by atoms with Gasteiger partial charge in [0.1, 0.15) is 5.82 Å². The van der Waals surface area contributed by atoms with E-state index in [0.29, 0.717) is 5.56 Å². The van der Waals surface area contributed by atoms with Gasteiger partial charge in [0.2, 0.25) is 0 Å². The summed E-state index contributed by atoms with van der Waals surface area (Å²) in [5, 5.41) is 4.73. The fourth-order valence-corrected chi connectivity index (χ4v) is 2.09. The Balaban J connectivity index is 1.97. The van der Waals surface area contributed by atoms with Gasteiger partial charge in [-0.1, -0.05) is 6.07 Å². The van der Waals surface area contributed by atoms with E-state index in [0.717, 1.165) is 18.9 Å². The second-order valence-corrected chi connectivity index (χ2v) is 5.20. The van der Waals surface area contributed by atoms with Crippen molar-refractivity contribution in [3.63, 3.8) is 0 Å². The van der Waals surface area contributed by atoms with E-state index in [9.17, 15) is 8.42 Å². The van der Waals surface area contributed by atoms with Gasteiger partial charge in [0.05, 0.1) is 6.61 Å². The van der Waals surface area contributed by atoms with Crippen LogP contribution in [-0.2, 0) is 21.1 Å². The number of hydrogen-bond donors (Lipinski definition) is 1. The van der Waals surface area contributed by atoms with Crippen LogP contribution in [0.15, 0.2) is 18.3 Å². The fourth-order valence-electron chi connectivity index (χ4n) is 1.79.